The summed E-state index contributed by atoms with van der Waals surface area (Å²) in [5.41, 5.74) is 0.662. The molecule has 0 aromatic heterocycles. The number of nitrogens with zero attached hydrogens (tertiary/aromatic N) is 1. The fourth-order valence-corrected chi connectivity index (χ4v) is 2.02. The largest absolute Gasteiger partial charge is 0.391 e. The first kappa shape index (κ1) is 13.1. The Labute approximate surface area is 109 Å². The van der Waals surface area contributed by atoms with E-state index in [0.29, 0.717) is 25.1 Å². The zero-order valence-corrected chi connectivity index (χ0v) is 10.4. The van der Waals surface area contributed by atoms with Crippen LogP contribution < -0.4 is 0 Å². The average Bonchev–Trinajstić information content (AvgIpc) is 2.77. The van der Waals surface area contributed by atoms with Crippen LogP contribution >= 0.6 is 11.6 Å². The number of likely N-dealkylation sites (tertiary alicyclic amines) is 1. The highest BCUT2D eigenvalue weighted by molar-refractivity contribution is 6.30. The third-order valence-corrected chi connectivity index (χ3v) is 3.13. The zero-order valence-electron chi connectivity index (χ0n) is 9.64. The summed E-state index contributed by atoms with van der Waals surface area (Å²) in [6, 6.07) is 4.26. The molecule has 0 radical (unpaired) electrons. The Balaban J connectivity index is 2.02. The van der Waals surface area contributed by atoms with Gasteiger partial charge in [0.15, 0.2) is 0 Å². The lowest BCUT2D eigenvalue weighted by atomic mass is 10.2. The van der Waals surface area contributed by atoms with Crippen LogP contribution in [0.5, 0.6) is 0 Å². The molecule has 0 aliphatic carbocycles. The second-order valence-electron chi connectivity index (χ2n) is 4.23. The summed E-state index contributed by atoms with van der Waals surface area (Å²) in [7, 11) is 0. The van der Waals surface area contributed by atoms with E-state index < -0.39 is 11.9 Å². The van der Waals surface area contributed by atoms with Crippen molar-refractivity contribution >= 4 is 23.6 Å². The Morgan fingerprint density at radius 3 is 2.94 bits per heavy atom. The topological polar surface area (TPSA) is 40.5 Å². The molecule has 1 aliphatic rings. The maximum Gasteiger partial charge on any atom is 0.246 e. The average molecular weight is 270 g/mol. The van der Waals surface area contributed by atoms with Gasteiger partial charge >= 0.3 is 0 Å². The molecule has 0 spiro atoms. The van der Waals surface area contributed by atoms with Gasteiger partial charge in [0.1, 0.15) is 5.82 Å². The van der Waals surface area contributed by atoms with E-state index in [-0.39, 0.29) is 10.9 Å². The number of aliphatic hydroxyl groups is 1. The molecule has 18 heavy (non-hydrogen) atoms. The van der Waals surface area contributed by atoms with Crippen LogP contribution in [0.1, 0.15) is 12.0 Å². The van der Waals surface area contributed by atoms with Gasteiger partial charge in [-0.05, 0) is 30.2 Å². The van der Waals surface area contributed by atoms with E-state index in [1.807, 2.05) is 0 Å². The van der Waals surface area contributed by atoms with Crippen LogP contribution in [-0.4, -0.2) is 35.1 Å². The number of carbonyl (C=O) groups excluding carboxylic acids is 1. The first-order valence-corrected chi connectivity index (χ1v) is 6.04. The fourth-order valence-electron chi connectivity index (χ4n) is 1.83. The Kier molecular flexibility index (Phi) is 3.99. The minimum absolute atomic E-state index is 0.0289. The van der Waals surface area contributed by atoms with Gasteiger partial charge in [-0.1, -0.05) is 17.7 Å². The maximum absolute atomic E-state index is 12.9. The number of β-amino-alcohol motifs (C(OH)–C–C–N with tert-alkyl or cyclic N) is 1. The van der Waals surface area contributed by atoms with Crippen molar-refractivity contribution in [2.75, 3.05) is 13.1 Å². The van der Waals surface area contributed by atoms with Crippen LogP contribution in [-0.2, 0) is 4.79 Å². The van der Waals surface area contributed by atoms with Crippen molar-refractivity contribution in [3.05, 3.63) is 40.7 Å². The van der Waals surface area contributed by atoms with E-state index in [2.05, 4.69) is 0 Å². The van der Waals surface area contributed by atoms with Crippen LogP contribution in [0.3, 0.4) is 0 Å². The summed E-state index contributed by atoms with van der Waals surface area (Å²) in [5.74, 6) is -0.644. The van der Waals surface area contributed by atoms with Crippen molar-refractivity contribution in [2.45, 2.75) is 12.5 Å². The van der Waals surface area contributed by atoms with Gasteiger partial charge < -0.3 is 10.0 Å². The second kappa shape index (κ2) is 5.50. The summed E-state index contributed by atoms with van der Waals surface area (Å²) in [6.45, 7) is 0.932. The third kappa shape index (κ3) is 3.09. The lowest BCUT2D eigenvalue weighted by Gasteiger charge is -2.12. The van der Waals surface area contributed by atoms with Crippen molar-refractivity contribution in [1.82, 2.24) is 4.90 Å². The molecule has 0 unspecified atom stereocenters. The van der Waals surface area contributed by atoms with Crippen molar-refractivity contribution in [2.24, 2.45) is 0 Å². The number of rotatable bonds is 2. The molecule has 1 saturated heterocycles. The number of aliphatic hydroxyl groups excluding tert-OH is 1. The van der Waals surface area contributed by atoms with Gasteiger partial charge in [-0.2, -0.15) is 0 Å². The van der Waals surface area contributed by atoms with Gasteiger partial charge in [0.05, 0.1) is 11.1 Å². The molecule has 96 valence electrons. The van der Waals surface area contributed by atoms with Crippen LogP contribution in [0.2, 0.25) is 5.02 Å². The number of carbonyl (C=O) groups is 1. The van der Waals surface area contributed by atoms with E-state index in [4.69, 9.17) is 11.6 Å². The van der Waals surface area contributed by atoms with Crippen LogP contribution in [0, 0.1) is 5.82 Å². The molecule has 1 amide bonds. The first-order valence-electron chi connectivity index (χ1n) is 5.66. The quantitative estimate of drug-likeness (QED) is 0.835. The molecule has 1 aromatic rings. The number of hydrogen-bond donors (Lipinski definition) is 1. The standard InChI is InChI=1S/C13H13ClFNO2/c14-11-7-9(1-3-12(11)15)2-4-13(18)16-6-5-10(17)8-16/h1-4,7,10,17H,5-6,8H2/b4-2+/t10-/m0/s1. The molecule has 5 heteroatoms. The van der Waals surface area contributed by atoms with E-state index in [1.165, 1.54) is 18.2 Å². The molecule has 1 heterocycles. The minimum Gasteiger partial charge on any atom is -0.391 e. The van der Waals surface area contributed by atoms with Gasteiger partial charge in [-0.3, -0.25) is 4.79 Å². The van der Waals surface area contributed by atoms with E-state index >= 15 is 0 Å². The molecular formula is C13H13ClFNO2. The van der Waals surface area contributed by atoms with E-state index in [9.17, 15) is 14.3 Å². The molecular weight excluding hydrogens is 257 g/mol. The van der Waals surface area contributed by atoms with Gasteiger partial charge in [-0.15, -0.1) is 0 Å². The smallest absolute Gasteiger partial charge is 0.246 e. The molecule has 0 saturated carbocycles. The highest BCUT2D eigenvalue weighted by Gasteiger charge is 2.22. The molecule has 1 fully saturated rings. The summed E-state index contributed by atoms with van der Waals surface area (Å²) >= 11 is 5.64. The molecule has 1 aliphatic heterocycles. The summed E-state index contributed by atoms with van der Waals surface area (Å²) < 4.78 is 12.9. The molecule has 3 nitrogen and oxygen atoms in total. The Bertz CT molecular complexity index is 490. The molecule has 0 bridgehead atoms. The normalized spacial score (nSPS) is 19.7. The maximum atomic E-state index is 12.9. The van der Waals surface area contributed by atoms with Crippen molar-refractivity contribution in [1.29, 1.82) is 0 Å². The predicted octanol–water partition coefficient (Wildman–Crippen LogP) is 2.09. The number of amides is 1. The fraction of sp³-hybridized carbons (Fsp3) is 0.308. The highest BCUT2D eigenvalue weighted by Crippen LogP contribution is 2.17. The molecule has 1 atom stereocenters. The molecule has 1 N–H and O–H groups in total. The van der Waals surface area contributed by atoms with Crippen molar-refractivity contribution < 1.29 is 14.3 Å². The zero-order chi connectivity index (χ0) is 13.1. The number of hydrogen-bond acceptors (Lipinski definition) is 2. The van der Waals surface area contributed by atoms with Crippen LogP contribution in [0.15, 0.2) is 24.3 Å². The van der Waals surface area contributed by atoms with Gasteiger partial charge in [-0.25, -0.2) is 4.39 Å². The van der Waals surface area contributed by atoms with Crippen molar-refractivity contribution in [3.63, 3.8) is 0 Å². The third-order valence-electron chi connectivity index (χ3n) is 2.84. The van der Waals surface area contributed by atoms with Gasteiger partial charge in [0.2, 0.25) is 5.91 Å². The first-order chi connectivity index (χ1) is 8.56. The minimum atomic E-state index is -0.484. The van der Waals surface area contributed by atoms with Crippen LogP contribution in [0.25, 0.3) is 6.08 Å². The number of halogens is 2. The van der Waals surface area contributed by atoms with Crippen molar-refractivity contribution in [3.8, 4) is 0 Å². The molecule has 1 aromatic carbocycles. The highest BCUT2D eigenvalue weighted by atomic mass is 35.5. The summed E-state index contributed by atoms with van der Waals surface area (Å²) in [6.07, 6.45) is 3.17. The lowest BCUT2D eigenvalue weighted by Crippen LogP contribution is -2.27. The lowest BCUT2D eigenvalue weighted by molar-refractivity contribution is -0.125. The number of benzene rings is 1. The van der Waals surface area contributed by atoms with E-state index in [1.54, 1.807) is 17.0 Å². The summed E-state index contributed by atoms with van der Waals surface area (Å²) in [5, 5.41) is 9.35. The van der Waals surface area contributed by atoms with Crippen LogP contribution in [0.4, 0.5) is 4.39 Å². The second-order valence-corrected chi connectivity index (χ2v) is 4.64. The van der Waals surface area contributed by atoms with Gasteiger partial charge in [0.25, 0.3) is 0 Å². The van der Waals surface area contributed by atoms with E-state index in [0.717, 1.165) is 0 Å². The SMILES string of the molecule is O=C(/C=C/c1ccc(F)c(Cl)c1)N1CC[C@H](O)C1. The predicted molar refractivity (Wildman–Crippen MR) is 67.6 cm³/mol. The monoisotopic (exact) mass is 269 g/mol. The van der Waals surface area contributed by atoms with Gasteiger partial charge in [0, 0.05) is 19.2 Å². The Morgan fingerprint density at radius 1 is 1.56 bits per heavy atom. The Hall–Kier alpha value is -1.39. The Morgan fingerprint density at radius 2 is 2.33 bits per heavy atom. The molecule has 2 rings (SSSR count). The summed E-state index contributed by atoms with van der Waals surface area (Å²) in [4.78, 5) is 13.3.